The lowest BCUT2D eigenvalue weighted by atomic mass is 10.2. The maximum atomic E-state index is 12.0. The van der Waals surface area contributed by atoms with Crippen molar-refractivity contribution >= 4 is 35.0 Å². The second-order valence-corrected chi connectivity index (χ2v) is 7.59. The molecule has 0 saturated carbocycles. The molecule has 2 aliphatic heterocycles. The molecule has 2 aliphatic rings. The molecule has 1 aromatic heterocycles. The molecule has 2 aromatic rings. The molecule has 0 radical (unpaired) electrons. The number of rotatable bonds is 6. The number of nitrogens with two attached hydrogens (primary N) is 1. The summed E-state index contributed by atoms with van der Waals surface area (Å²) in [6.45, 7) is 2.44. The van der Waals surface area contributed by atoms with Gasteiger partial charge in [-0.05, 0) is 31.0 Å². The van der Waals surface area contributed by atoms with E-state index in [1.54, 1.807) is 4.90 Å². The molecule has 11 nitrogen and oxygen atoms in total. The topological polar surface area (TPSA) is 158 Å². The lowest BCUT2D eigenvalue weighted by molar-refractivity contribution is -0.129. The highest BCUT2D eigenvalue weighted by atomic mass is 16.5. The van der Waals surface area contributed by atoms with Gasteiger partial charge in [0.25, 0.3) is 5.91 Å². The van der Waals surface area contributed by atoms with Crippen LogP contribution in [0, 0.1) is 11.3 Å². The summed E-state index contributed by atoms with van der Waals surface area (Å²) in [7, 11) is 0. The summed E-state index contributed by atoms with van der Waals surface area (Å²) in [6, 6.07) is 7.40. The predicted octanol–water partition coefficient (Wildman–Crippen LogP) is 1.44. The fourth-order valence-electron chi connectivity index (χ4n) is 3.69. The number of ether oxygens (including phenoxy) is 1. The van der Waals surface area contributed by atoms with Crippen LogP contribution in [0.3, 0.4) is 0 Å². The molecule has 1 aromatic carbocycles. The van der Waals surface area contributed by atoms with Crippen molar-refractivity contribution in [1.29, 1.82) is 5.26 Å². The summed E-state index contributed by atoms with van der Waals surface area (Å²) in [5, 5.41) is 18.4. The molecule has 1 unspecified atom stereocenters. The Hall–Kier alpha value is -4.07. The fourth-order valence-corrected chi connectivity index (χ4v) is 3.69. The normalized spacial score (nSPS) is 17.2. The van der Waals surface area contributed by atoms with E-state index < -0.39 is 5.91 Å². The van der Waals surface area contributed by atoms with Crippen LogP contribution in [0.2, 0.25) is 0 Å². The summed E-state index contributed by atoms with van der Waals surface area (Å²) >= 11 is 0. The number of hydrogen-bond donors (Lipinski definition) is 4. The third-order valence-corrected chi connectivity index (χ3v) is 5.30. The van der Waals surface area contributed by atoms with E-state index in [0.29, 0.717) is 37.9 Å². The molecule has 11 heteroatoms. The molecule has 2 amide bonds. The Morgan fingerprint density at radius 3 is 3.09 bits per heavy atom. The van der Waals surface area contributed by atoms with E-state index >= 15 is 0 Å². The van der Waals surface area contributed by atoms with Crippen molar-refractivity contribution in [3.8, 4) is 11.8 Å². The van der Waals surface area contributed by atoms with E-state index in [1.165, 1.54) is 6.20 Å². The van der Waals surface area contributed by atoms with Crippen molar-refractivity contribution in [3.63, 3.8) is 0 Å². The molecule has 3 heterocycles. The second-order valence-electron chi connectivity index (χ2n) is 7.59. The van der Waals surface area contributed by atoms with Gasteiger partial charge in [-0.3, -0.25) is 9.59 Å². The van der Waals surface area contributed by atoms with Gasteiger partial charge in [0.15, 0.2) is 0 Å². The van der Waals surface area contributed by atoms with Crippen LogP contribution in [0.1, 0.15) is 29.6 Å². The van der Waals surface area contributed by atoms with Crippen LogP contribution >= 0.6 is 0 Å². The van der Waals surface area contributed by atoms with Crippen molar-refractivity contribution in [2.75, 3.05) is 42.2 Å². The first-order valence-electron chi connectivity index (χ1n) is 10.4. The third kappa shape index (κ3) is 4.80. The van der Waals surface area contributed by atoms with Gasteiger partial charge in [0.2, 0.25) is 11.9 Å². The average Bonchev–Trinajstić information content (AvgIpc) is 3.11. The molecule has 0 aliphatic carbocycles. The first kappa shape index (κ1) is 21.2. The Balaban J connectivity index is 1.50. The number of anilines is 4. The van der Waals surface area contributed by atoms with Crippen molar-refractivity contribution in [3.05, 3.63) is 30.0 Å². The number of nitrogens with zero attached hydrogens (tertiary/aromatic N) is 4. The van der Waals surface area contributed by atoms with E-state index in [2.05, 4.69) is 25.9 Å². The monoisotopic (exact) mass is 436 g/mol. The molecular weight excluding hydrogens is 412 g/mol. The zero-order chi connectivity index (χ0) is 22.5. The highest BCUT2D eigenvalue weighted by Crippen LogP contribution is 2.31. The van der Waals surface area contributed by atoms with E-state index in [4.69, 9.17) is 15.7 Å². The van der Waals surface area contributed by atoms with Gasteiger partial charge >= 0.3 is 0 Å². The highest BCUT2D eigenvalue weighted by Gasteiger charge is 2.27. The maximum absolute atomic E-state index is 12.0. The number of fused-ring (bicyclic) bond motifs is 1. The van der Waals surface area contributed by atoms with E-state index in [1.807, 2.05) is 24.3 Å². The van der Waals surface area contributed by atoms with Crippen LogP contribution < -0.4 is 26.4 Å². The molecule has 0 spiro atoms. The number of amides is 2. The zero-order valence-electron chi connectivity index (χ0n) is 17.4. The molecular formula is C21H24N8O3. The first-order chi connectivity index (χ1) is 15.5. The predicted molar refractivity (Wildman–Crippen MR) is 118 cm³/mol. The number of aromatic nitrogens is 2. The lowest BCUT2D eigenvalue weighted by Crippen LogP contribution is -2.32. The Kier molecular flexibility index (Phi) is 6.21. The Morgan fingerprint density at radius 2 is 2.28 bits per heavy atom. The van der Waals surface area contributed by atoms with Gasteiger partial charge in [-0.2, -0.15) is 10.2 Å². The molecule has 4 rings (SSSR count). The van der Waals surface area contributed by atoms with Crippen molar-refractivity contribution < 1.29 is 14.3 Å². The Morgan fingerprint density at radius 1 is 1.41 bits per heavy atom. The summed E-state index contributed by atoms with van der Waals surface area (Å²) in [5.41, 5.74) is 7.30. The molecule has 0 bridgehead atoms. The van der Waals surface area contributed by atoms with Crippen LogP contribution in [0.5, 0.6) is 5.75 Å². The first-order valence-corrected chi connectivity index (χ1v) is 10.4. The van der Waals surface area contributed by atoms with Crippen LogP contribution in [0.15, 0.2) is 24.4 Å². The Bertz CT molecular complexity index is 1070. The number of nitriles is 1. The molecule has 166 valence electrons. The van der Waals surface area contributed by atoms with Crippen LogP contribution in [0.4, 0.5) is 23.1 Å². The van der Waals surface area contributed by atoms with Gasteiger partial charge in [-0.1, -0.05) is 0 Å². The van der Waals surface area contributed by atoms with Crippen molar-refractivity contribution in [2.45, 2.75) is 25.3 Å². The van der Waals surface area contributed by atoms with Crippen LogP contribution in [-0.4, -0.2) is 59.0 Å². The summed E-state index contributed by atoms with van der Waals surface area (Å²) < 4.78 is 5.70. The zero-order valence-corrected chi connectivity index (χ0v) is 17.4. The highest BCUT2D eigenvalue weighted by molar-refractivity contribution is 5.97. The Labute approximate surface area is 185 Å². The van der Waals surface area contributed by atoms with Gasteiger partial charge in [0.05, 0.1) is 23.9 Å². The molecule has 1 saturated heterocycles. The van der Waals surface area contributed by atoms with Crippen LogP contribution in [-0.2, 0) is 4.79 Å². The number of hydrogen-bond acceptors (Lipinski definition) is 9. The van der Waals surface area contributed by atoms with Crippen molar-refractivity contribution in [1.82, 2.24) is 14.9 Å². The SMILES string of the molecule is N#CCC(=O)N1CCC(Nc2nc(Nc3ccc4c(c3)NCCCO4)ncc2C(N)=O)C1. The van der Waals surface area contributed by atoms with Gasteiger partial charge in [-0.15, -0.1) is 0 Å². The summed E-state index contributed by atoms with van der Waals surface area (Å²) in [4.78, 5) is 34.1. The number of likely N-dealkylation sites (tertiary alicyclic amines) is 1. The van der Waals surface area contributed by atoms with E-state index in [-0.39, 0.29) is 23.9 Å². The number of primary amides is 1. The molecule has 5 N–H and O–H groups in total. The lowest BCUT2D eigenvalue weighted by Gasteiger charge is -2.18. The minimum Gasteiger partial charge on any atom is -0.491 e. The summed E-state index contributed by atoms with van der Waals surface area (Å²) in [5.74, 6) is 0.518. The van der Waals surface area contributed by atoms with E-state index in [0.717, 1.165) is 30.1 Å². The van der Waals surface area contributed by atoms with Gasteiger partial charge in [0, 0.05) is 37.6 Å². The standard InChI is InChI=1S/C21H24N8O3/c22-6-4-18(30)29-8-5-14(12-29)26-20-15(19(23)31)11-25-21(28-20)27-13-2-3-17-16(10-13)24-7-1-9-32-17/h2-3,10-11,14,24H,1,4-5,7-9,12H2,(H2,23,31)(H2,25,26,27,28). The minimum atomic E-state index is -0.652. The van der Waals surface area contributed by atoms with Gasteiger partial charge < -0.3 is 31.3 Å². The maximum Gasteiger partial charge on any atom is 0.254 e. The van der Waals surface area contributed by atoms with E-state index in [9.17, 15) is 9.59 Å². The number of carbonyl (C=O) groups is 2. The quantitative estimate of drug-likeness (QED) is 0.525. The van der Waals surface area contributed by atoms with Gasteiger partial charge in [-0.25, -0.2) is 4.98 Å². The molecule has 1 atom stereocenters. The number of nitrogens with one attached hydrogen (secondary N) is 3. The smallest absolute Gasteiger partial charge is 0.254 e. The number of carbonyl (C=O) groups excluding carboxylic acids is 2. The second kappa shape index (κ2) is 9.38. The molecule has 32 heavy (non-hydrogen) atoms. The third-order valence-electron chi connectivity index (χ3n) is 5.30. The average molecular weight is 436 g/mol. The largest absolute Gasteiger partial charge is 0.491 e. The summed E-state index contributed by atoms with van der Waals surface area (Å²) in [6.07, 6.45) is 2.81. The van der Waals surface area contributed by atoms with Crippen LogP contribution in [0.25, 0.3) is 0 Å². The number of benzene rings is 1. The van der Waals surface area contributed by atoms with Gasteiger partial charge in [0.1, 0.15) is 18.0 Å². The van der Waals surface area contributed by atoms with Crippen molar-refractivity contribution in [2.24, 2.45) is 5.73 Å². The minimum absolute atomic E-state index is 0.118. The fraction of sp³-hybridized carbons (Fsp3) is 0.381. The molecule has 1 fully saturated rings.